The normalized spacial score (nSPS) is 15.1. The molecule has 0 aliphatic rings. The molecule has 0 bridgehead atoms. The van der Waals surface area contributed by atoms with Crippen molar-refractivity contribution < 1.29 is 24.2 Å². The van der Waals surface area contributed by atoms with E-state index in [1.165, 1.54) is 62.9 Å². The van der Waals surface area contributed by atoms with Gasteiger partial charge in [0.05, 0.1) is 0 Å². The van der Waals surface area contributed by atoms with Crippen LogP contribution in [0, 0.1) is 0 Å². The predicted molar refractivity (Wildman–Crippen MR) is 83.5 cm³/mol. The first kappa shape index (κ1) is 18.8. The standard InChI is InChI=1S/C12H28OPS2.Mo/c1-3-5-7-9-11-16(14(13)15)12-10-8-6-4-2;/h13,15H,3-12H2,1-2H3;/q+1;-1. The van der Waals surface area contributed by atoms with Crippen LogP contribution in [-0.2, 0) is 29.4 Å². The van der Waals surface area contributed by atoms with Gasteiger partial charge in [-0.3, -0.25) is 0 Å². The second kappa shape index (κ2) is 11.6. The average Bonchev–Trinajstić information content (AvgIpc) is 2.25. The van der Waals surface area contributed by atoms with Crippen LogP contribution in [-0.4, -0.2) is 16.4 Å². The topological polar surface area (TPSA) is 20.2 Å². The molecule has 0 aromatic rings. The Morgan fingerprint density at radius 2 is 1.35 bits per heavy atom. The van der Waals surface area contributed by atoms with Gasteiger partial charge < -0.3 is 0 Å². The summed E-state index contributed by atoms with van der Waals surface area (Å²) >= 11 is 6.38. The van der Waals surface area contributed by atoms with E-state index in [2.05, 4.69) is 26.1 Å². The van der Waals surface area contributed by atoms with Crippen molar-refractivity contribution in [1.29, 1.82) is 0 Å². The Labute approximate surface area is 126 Å². The molecule has 1 atom stereocenters. The molecule has 1 unspecified atom stereocenters. The van der Waals surface area contributed by atoms with Crippen molar-refractivity contribution in [2.75, 3.05) is 11.5 Å². The summed E-state index contributed by atoms with van der Waals surface area (Å²) in [5, 5.41) is 0. The second-order valence-electron chi connectivity index (χ2n) is 4.48. The Bertz CT molecular complexity index is 218. The third-order valence-corrected chi connectivity index (χ3v) is 14.9. The van der Waals surface area contributed by atoms with Gasteiger partial charge in [0.1, 0.15) is 0 Å². The molecule has 0 saturated heterocycles. The molecule has 0 fully saturated rings. The maximum atomic E-state index is 10.2. The molecule has 105 valence electrons. The monoisotopic (exact) mass is 381 g/mol. The summed E-state index contributed by atoms with van der Waals surface area (Å²) in [5.41, 5.74) is 0. The molecule has 0 amide bonds. The van der Waals surface area contributed by atoms with E-state index < -0.39 is 3.56 Å². The van der Waals surface area contributed by atoms with Gasteiger partial charge in [-0.2, -0.15) is 0 Å². The number of unbranched alkanes of at least 4 members (excludes halogenated alkanes) is 6. The molecule has 0 aromatic heterocycles. The minimum atomic E-state index is -1.89. The molecule has 17 heavy (non-hydrogen) atoms. The van der Waals surface area contributed by atoms with Crippen molar-refractivity contribution in [2.45, 2.75) is 65.2 Å². The van der Waals surface area contributed by atoms with Gasteiger partial charge in [0, 0.05) is 0 Å². The first-order valence-electron chi connectivity index (χ1n) is 6.76. The zero-order chi connectivity index (χ0) is 13.1. The minimum absolute atomic E-state index is 0.187. The second-order valence-corrected chi connectivity index (χ2v) is 20.8. The quantitative estimate of drug-likeness (QED) is 0.239. The summed E-state index contributed by atoms with van der Waals surface area (Å²) < 4.78 is -1.89. The molecule has 0 aromatic carbocycles. The predicted octanol–water partition coefficient (Wildman–Crippen LogP) is 4.91. The number of hydrogen-bond donors (Lipinski definition) is 2. The van der Waals surface area contributed by atoms with E-state index >= 15 is 0 Å². The summed E-state index contributed by atoms with van der Waals surface area (Å²) in [6.07, 6.45) is 10.5. The molecule has 5 heteroatoms. The number of rotatable bonds is 10. The van der Waals surface area contributed by atoms with Crippen molar-refractivity contribution >= 4 is 25.9 Å². The van der Waals surface area contributed by atoms with Crippen molar-refractivity contribution in [1.82, 2.24) is 0 Å². The molecule has 0 radical (unpaired) electrons. The fourth-order valence-electron chi connectivity index (χ4n) is 1.73. The Kier molecular flexibility index (Phi) is 12.8. The van der Waals surface area contributed by atoms with E-state index in [-0.39, 0.29) is 10.1 Å². The zero-order valence-electron chi connectivity index (χ0n) is 11.2. The third-order valence-electron chi connectivity index (χ3n) is 2.80. The van der Waals surface area contributed by atoms with E-state index in [1.54, 1.807) is 0 Å². The van der Waals surface area contributed by atoms with Crippen molar-refractivity contribution in [2.24, 2.45) is 0 Å². The van der Waals surface area contributed by atoms with Crippen molar-refractivity contribution in [3.63, 3.8) is 0 Å². The molecule has 1 N–H and O–H groups in total. The Morgan fingerprint density at radius 1 is 0.941 bits per heavy atom. The molecule has 1 nitrogen and oxygen atoms in total. The zero-order valence-corrected chi connectivity index (χ0v) is 15.8. The fourth-order valence-corrected chi connectivity index (χ4v) is 10.5. The third kappa shape index (κ3) is 11.3. The summed E-state index contributed by atoms with van der Waals surface area (Å²) in [6, 6.07) is 0. The van der Waals surface area contributed by atoms with Gasteiger partial charge in [-0.25, -0.2) is 0 Å². The van der Waals surface area contributed by atoms with Crippen LogP contribution in [0.1, 0.15) is 65.2 Å². The molecule has 0 aliphatic carbocycles. The van der Waals surface area contributed by atoms with Crippen LogP contribution >= 0.6 is 15.8 Å². The summed E-state index contributed by atoms with van der Waals surface area (Å²) in [5.74, 6) is 2.41. The van der Waals surface area contributed by atoms with Gasteiger partial charge in [-0.1, -0.05) is 0 Å². The Morgan fingerprint density at radius 3 is 1.65 bits per heavy atom. The number of thiol groups is 1. The summed E-state index contributed by atoms with van der Waals surface area (Å²) in [6.45, 7) is 4.49. The first-order chi connectivity index (χ1) is 8.02. The van der Waals surface area contributed by atoms with Crippen LogP contribution in [0.15, 0.2) is 0 Å². The van der Waals surface area contributed by atoms with E-state index in [9.17, 15) is 4.89 Å². The number of hydrogen-bond acceptors (Lipinski definition) is 0. The van der Waals surface area contributed by atoms with E-state index in [0.717, 1.165) is 0 Å². The van der Waals surface area contributed by atoms with Crippen LogP contribution in [0.3, 0.4) is 0 Å². The van der Waals surface area contributed by atoms with Crippen LogP contribution in [0.4, 0.5) is 0 Å². The molecule has 0 aliphatic heterocycles. The molecule has 0 heterocycles. The molecule has 0 rings (SSSR count). The van der Waals surface area contributed by atoms with E-state index in [0.29, 0.717) is 0 Å². The Balaban J connectivity index is 4.01. The van der Waals surface area contributed by atoms with Gasteiger partial charge in [-0.15, -0.1) is 0 Å². The molecule has 0 spiro atoms. The average molecular weight is 379 g/mol. The molecular formula is C12H28MoOPS2. The SMILES string of the molecule is CCCCCCS(CCCCCC)=[P](O)(S)[Mo]. The van der Waals surface area contributed by atoms with Crippen molar-refractivity contribution in [3.05, 3.63) is 0 Å². The van der Waals surface area contributed by atoms with E-state index in [4.69, 9.17) is 0 Å². The summed E-state index contributed by atoms with van der Waals surface area (Å²) in [7, 11) is 0.187. The van der Waals surface area contributed by atoms with Gasteiger partial charge in [0.2, 0.25) is 0 Å². The van der Waals surface area contributed by atoms with Crippen LogP contribution < -0.4 is 0 Å². The van der Waals surface area contributed by atoms with Gasteiger partial charge in [0.25, 0.3) is 0 Å². The van der Waals surface area contributed by atoms with Crippen LogP contribution in [0.25, 0.3) is 0 Å². The maximum absolute atomic E-state index is 10.2. The van der Waals surface area contributed by atoms with E-state index in [1.807, 2.05) is 19.3 Å². The first-order valence-corrected chi connectivity index (χ1v) is 14.4. The van der Waals surface area contributed by atoms with Crippen LogP contribution in [0.2, 0.25) is 0 Å². The molecular weight excluding hydrogens is 351 g/mol. The van der Waals surface area contributed by atoms with Gasteiger partial charge >= 0.3 is 127 Å². The van der Waals surface area contributed by atoms with Gasteiger partial charge in [0.15, 0.2) is 0 Å². The summed E-state index contributed by atoms with van der Waals surface area (Å²) in [4.78, 5) is 10.2. The fraction of sp³-hybridized carbons (Fsp3) is 1.00. The molecule has 0 saturated carbocycles. The van der Waals surface area contributed by atoms with Crippen LogP contribution in [0.5, 0.6) is 0 Å². The van der Waals surface area contributed by atoms with Gasteiger partial charge in [-0.05, 0) is 0 Å². The Hall–Kier alpha value is 1.78. The van der Waals surface area contributed by atoms with Crippen molar-refractivity contribution in [3.8, 4) is 0 Å².